The van der Waals surface area contributed by atoms with Crippen molar-refractivity contribution < 1.29 is 8.78 Å². The Morgan fingerprint density at radius 2 is 2.00 bits per heavy atom. The number of alkyl halides is 1. The molecule has 8 nitrogen and oxygen atoms in total. The zero-order chi connectivity index (χ0) is 32.8. The summed E-state index contributed by atoms with van der Waals surface area (Å²) in [4.78, 5) is 22.9. The molecule has 1 aliphatic rings. The number of halogens is 3. The van der Waals surface area contributed by atoms with E-state index in [9.17, 15) is 9.18 Å². The van der Waals surface area contributed by atoms with E-state index in [4.69, 9.17) is 28.5 Å². The van der Waals surface area contributed by atoms with Crippen molar-refractivity contribution in [1.82, 2.24) is 19.4 Å². The number of nitrogens with zero attached hydrogens (tertiary/aromatic N) is 3. The topological polar surface area (TPSA) is 130 Å². The number of likely N-dealkylation sites (tertiary alicyclic amines) is 1. The largest absolute Gasteiger partial charge is 0.379 e. The van der Waals surface area contributed by atoms with Crippen LogP contribution in [-0.4, -0.2) is 55.7 Å². The summed E-state index contributed by atoms with van der Waals surface area (Å²) in [5.74, 6) is 0.231. The van der Waals surface area contributed by atoms with Gasteiger partial charge in [0.25, 0.3) is 0 Å². The number of aromatic nitrogens is 3. The highest BCUT2D eigenvalue weighted by molar-refractivity contribution is 8.13. The molecule has 246 valence electrons. The van der Waals surface area contributed by atoms with Crippen LogP contribution in [0, 0.1) is 11.2 Å². The number of H-pyrrole nitrogens is 1. The summed E-state index contributed by atoms with van der Waals surface area (Å²) in [5, 5.41) is 8.34. The first-order chi connectivity index (χ1) is 22.1. The van der Waals surface area contributed by atoms with Crippen LogP contribution in [0.15, 0.2) is 53.5 Å². The predicted molar refractivity (Wildman–Crippen MR) is 185 cm³/mol. The molecule has 0 saturated carbocycles. The fourth-order valence-corrected chi connectivity index (χ4v) is 7.33. The normalized spacial score (nSPS) is 17.8. The molecule has 0 aliphatic carbocycles. The lowest BCUT2D eigenvalue weighted by Crippen LogP contribution is -2.43. The highest BCUT2D eigenvalue weighted by atomic mass is 35.5. The maximum absolute atomic E-state index is 15.2. The standard InChI is InChI=1S/C34H42ClF2N7OS/c1-21(38)5-2-6-22-17-27(31(37)28(35)18-22)29-19-24-20-44(34(45)42-32(24)41-29)26-11-9-23(10-12-26)30-8-3-7-25(13-16-46-33(39)40)43(30)15-4-14-36/h9-12,17-21,25,30H,2-8,13-16,38H2,1H3,(H3,39,40)(H,41,42,45)/t21-,25-,30-/m0/s1. The number of piperidine rings is 1. The minimum Gasteiger partial charge on any atom is -0.379 e. The van der Waals surface area contributed by atoms with Crippen molar-refractivity contribution in [3.05, 3.63) is 81.1 Å². The Bertz CT molecular complexity index is 1710. The smallest absolute Gasteiger partial charge is 0.354 e. The molecule has 6 N–H and O–H groups in total. The summed E-state index contributed by atoms with van der Waals surface area (Å²) >= 11 is 7.61. The lowest BCUT2D eigenvalue weighted by atomic mass is 9.89. The molecule has 1 aliphatic heterocycles. The van der Waals surface area contributed by atoms with E-state index in [0.717, 1.165) is 61.8 Å². The van der Waals surface area contributed by atoms with Crippen molar-refractivity contribution >= 4 is 39.6 Å². The van der Waals surface area contributed by atoms with Gasteiger partial charge in [0.15, 0.2) is 11.0 Å². The third-order valence-corrected chi connectivity index (χ3v) is 9.74. The number of thioether (sulfide) groups is 1. The van der Waals surface area contributed by atoms with Crippen molar-refractivity contribution in [1.29, 1.82) is 5.41 Å². The minimum absolute atomic E-state index is 0.0436. The predicted octanol–water partition coefficient (Wildman–Crippen LogP) is 7.12. The molecule has 46 heavy (non-hydrogen) atoms. The van der Waals surface area contributed by atoms with Gasteiger partial charge in [0.1, 0.15) is 5.65 Å². The maximum atomic E-state index is 15.2. The number of fused-ring (bicyclic) bond motifs is 1. The summed E-state index contributed by atoms with van der Waals surface area (Å²) in [6.07, 6.45) is 8.58. The average molecular weight is 670 g/mol. The van der Waals surface area contributed by atoms with Crippen LogP contribution in [0.5, 0.6) is 0 Å². The molecular formula is C34H42ClF2N7OS. The molecule has 0 unspecified atom stereocenters. The van der Waals surface area contributed by atoms with Gasteiger partial charge in [-0.15, -0.1) is 0 Å². The van der Waals surface area contributed by atoms with Gasteiger partial charge in [0.05, 0.1) is 23.1 Å². The summed E-state index contributed by atoms with van der Waals surface area (Å²) in [6, 6.07) is 13.6. The molecule has 3 atom stereocenters. The summed E-state index contributed by atoms with van der Waals surface area (Å²) in [6.45, 7) is 2.26. The first kappa shape index (κ1) is 34.1. The van der Waals surface area contributed by atoms with Gasteiger partial charge in [-0.3, -0.25) is 19.3 Å². The monoisotopic (exact) mass is 669 g/mol. The number of aromatic amines is 1. The van der Waals surface area contributed by atoms with Crippen LogP contribution < -0.4 is 17.2 Å². The van der Waals surface area contributed by atoms with Gasteiger partial charge in [-0.25, -0.2) is 9.18 Å². The van der Waals surface area contributed by atoms with Gasteiger partial charge in [-0.1, -0.05) is 35.5 Å². The number of hydrogen-bond donors (Lipinski definition) is 4. The average Bonchev–Trinajstić information content (AvgIpc) is 3.43. The minimum atomic E-state index is -0.530. The van der Waals surface area contributed by atoms with Crippen LogP contribution in [0.25, 0.3) is 28.0 Å². The molecule has 4 aromatic rings. The molecule has 0 spiro atoms. The molecule has 3 heterocycles. The summed E-state index contributed by atoms with van der Waals surface area (Å²) < 4.78 is 29.9. The Morgan fingerprint density at radius 1 is 1.22 bits per heavy atom. The van der Waals surface area contributed by atoms with E-state index in [2.05, 4.69) is 14.9 Å². The van der Waals surface area contributed by atoms with Crippen LogP contribution >= 0.6 is 23.4 Å². The molecule has 2 aromatic carbocycles. The van der Waals surface area contributed by atoms with Crippen LogP contribution in [-0.2, 0) is 6.42 Å². The molecule has 1 saturated heterocycles. The van der Waals surface area contributed by atoms with E-state index in [0.29, 0.717) is 47.0 Å². The van der Waals surface area contributed by atoms with Gasteiger partial charge in [0.2, 0.25) is 0 Å². The Labute approximate surface area is 277 Å². The highest BCUT2D eigenvalue weighted by Gasteiger charge is 2.31. The Morgan fingerprint density at radius 3 is 2.72 bits per heavy atom. The molecule has 1 fully saturated rings. The Kier molecular flexibility index (Phi) is 11.5. The number of rotatable bonds is 13. The summed E-state index contributed by atoms with van der Waals surface area (Å²) in [5.41, 5.74) is 14.8. The molecule has 0 bridgehead atoms. The number of benzene rings is 2. The third-order valence-electron chi connectivity index (χ3n) is 8.71. The van der Waals surface area contributed by atoms with Crippen LogP contribution in [0.1, 0.15) is 69.0 Å². The Hall–Kier alpha value is -3.25. The molecule has 0 radical (unpaired) electrons. The fraction of sp³-hybridized carbons (Fsp3) is 0.441. The second kappa shape index (κ2) is 15.6. The molecule has 12 heteroatoms. The zero-order valence-electron chi connectivity index (χ0n) is 26.1. The van der Waals surface area contributed by atoms with Crippen molar-refractivity contribution in [3.63, 3.8) is 0 Å². The first-order valence-corrected chi connectivity index (χ1v) is 17.3. The van der Waals surface area contributed by atoms with Crippen molar-refractivity contribution in [3.8, 4) is 16.9 Å². The van der Waals surface area contributed by atoms with E-state index in [1.54, 1.807) is 24.4 Å². The van der Waals surface area contributed by atoms with E-state index in [-0.39, 0.29) is 28.9 Å². The third kappa shape index (κ3) is 8.17. The van der Waals surface area contributed by atoms with Gasteiger partial charge in [0, 0.05) is 47.6 Å². The SMILES string of the molecule is C[C@H](N)CCCc1cc(Cl)c(F)c(-c2cc3cn(-c4ccc([C@@H]5CCC[C@@H](CCSC(=N)N)N5CCCF)cc4)c(=O)nc3[nH]2)c1. The van der Waals surface area contributed by atoms with Crippen molar-refractivity contribution in [2.45, 2.75) is 76.4 Å². The lowest BCUT2D eigenvalue weighted by molar-refractivity contribution is 0.0769. The van der Waals surface area contributed by atoms with Crippen LogP contribution in [0.2, 0.25) is 5.02 Å². The fourth-order valence-electron chi connectivity index (χ4n) is 6.48. The Balaban J connectivity index is 1.38. The number of nitrogens with two attached hydrogens (primary N) is 2. The van der Waals surface area contributed by atoms with Gasteiger partial charge >= 0.3 is 5.69 Å². The number of aryl methyl sites for hydroxylation is 1. The van der Waals surface area contributed by atoms with Gasteiger partial charge in [-0.2, -0.15) is 4.98 Å². The molecular weight excluding hydrogens is 628 g/mol. The summed E-state index contributed by atoms with van der Waals surface area (Å²) in [7, 11) is 0. The quantitative estimate of drug-likeness (QED) is 0.0887. The van der Waals surface area contributed by atoms with Crippen molar-refractivity contribution in [2.24, 2.45) is 11.5 Å². The van der Waals surface area contributed by atoms with Crippen LogP contribution in [0.3, 0.4) is 0 Å². The first-order valence-electron chi connectivity index (χ1n) is 15.9. The number of amidine groups is 1. The van der Waals surface area contributed by atoms with Gasteiger partial charge in [-0.05, 0) is 99.7 Å². The molecule has 0 amide bonds. The molecule has 2 aromatic heterocycles. The highest BCUT2D eigenvalue weighted by Crippen LogP contribution is 2.37. The van der Waals surface area contributed by atoms with Gasteiger partial charge < -0.3 is 16.5 Å². The lowest BCUT2D eigenvalue weighted by Gasteiger charge is -2.42. The molecule has 5 rings (SSSR count). The number of hydrogen-bond acceptors (Lipinski definition) is 6. The second-order valence-corrected chi connectivity index (χ2v) is 13.7. The van der Waals surface area contributed by atoms with Crippen LogP contribution in [0.4, 0.5) is 8.78 Å². The van der Waals surface area contributed by atoms with E-state index in [1.807, 2.05) is 31.2 Å². The maximum Gasteiger partial charge on any atom is 0.354 e. The zero-order valence-corrected chi connectivity index (χ0v) is 27.6. The van der Waals surface area contributed by atoms with E-state index < -0.39 is 11.5 Å². The van der Waals surface area contributed by atoms with E-state index in [1.165, 1.54) is 16.3 Å². The van der Waals surface area contributed by atoms with Crippen molar-refractivity contribution in [2.75, 3.05) is 19.0 Å². The second-order valence-electron chi connectivity index (χ2n) is 12.2. The number of nitrogens with one attached hydrogen (secondary N) is 2. The van der Waals surface area contributed by atoms with E-state index >= 15 is 4.39 Å².